The maximum Gasteiger partial charge on any atom is 0.363 e. The summed E-state index contributed by atoms with van der Waals surface area (Å²) in [5, 5.41) is 3.47. The molecule has 0 spiro atoms. The molecule has 1 aliphatic heterocycles. The Kier molecular flexibility index (Phi) is 5.23. The van der Waals surface area contributed by atoms with E-state index in [0.717, 1.165) is 22.0 Å². The number of hydrogen-bond donors (Lipinski definition) is 0. The number of carbonyl (C=O) groups is 1. The summed E-state index contributed by atoms with van der Waals surface area (Å²) in [5.74, 6) is 0.427. The van der Waals surface area contributed by atoms with Crippen molar-refractivity contribution in [3.05, 3.63) is 86.5 Å². The van der Waals surface area contributed by atoms with Gasteiger partial charge in [0.1, 0.15) is 12.4 Å². The Bertz CT molecular complexity index is 1090. The number of carbonyl (C=O) groups excluding carboxylic acids is 1. The highest BCUT2D eigenvalue weighted by Gasteiger charge is 2.25. The van der Waals surface area contributed by atoms with Gasteiger partial charge in [-0.1, -0.05) is 35.9 Å². The smallest absolute Gasteiger partial charge is 0.363 e. The van der Waals surface area contributed by atoms with Crippen molar-refractivity contribution in [3.63, 3.8) is 0 Å². The van der Waals surface area contributed by atoms with E-state index in [-0.39, 0.29) is 11.6 Å². The molecule has 2 aromatic carbocycles. The molecule has 0 N–H and O–H groups in total. The molecule has 0 saturated carbocycles. The molecular formula is C21H15ClN2O3S. The number of esters is 1. The van der Waals surface area contributed by atoms with Crippen molar-refractivity contribution in [1.82, 2.24) is 4.98 Å². The minimum atomic E-state index is -0.505. The first kappa shape index (κ1) is 18.4. The van der Waals surface area contributed by atoms with E-state index < -0.39 is 5.97 Å². The number of ether oxygens (including phenoxy) is 2. The standard InChI is InChI=1S/C21H15ClN2O3S/c1-13-23-15(12-28-13)11-26-16-8-6-14(7-9-16)10-19-21(25)27-20(24-19)17-4-2-3-5-18(17)22/h2-10,12H,11H2,1H3/b19-10-. The summed E-state index contributed by atoms with van der Waals surface area (Å²) in [5.41, 5.74) is 2.53. The zero-order valence-corrected chi connectivity index (χ0v) is 16.5. The second-order valence-electron chi connectivity index (χ2n) is 6.03. The Morgan fingerprint density at radius 1 is 1.18 bits per heavy atom. The van der Waals surface area contributed by atoms with Crippen molar-refractivity contribution >= 4 is 40.9 Å². The average Bonchev–Trinajstić information content (AvgIpc) is 3.27. The number of benzene rings is 2. The number of aromatic nitrogens is 1. The van der Waals surface area contributed by atoms with Crippen LogP contribution in [-0.2, 0) is 16.1 Å². The van der Waals surface area contributed by atoms with Crippen LogP contribution in [0, 0.1) is 6.92 Å². The molecule has 0 unspecified atom stereocenters. The largest absolute Gasteiger partial charge is 0.487 e. The predicted octanol–water partition coefficient (Wildman–Crippen LogP) is 5.03. The maximum atomic E-state index is 12.1. The van der Waals surface area contributed by atoms with Crippen LogP contribution in [0.5, 0.6) is 5.75 Å². The quantitative estimate of drug-likeness (QED) is 0.437. The number of halogens is 1. The number of rotatable bonds is 5. The fourth-order valence-electron chi connectivity index (χ4n) is 2.61. The summed E-state index contributed by atoms with van der Waals surface area (Å²) < 4.78 is 11.0. The van der Waals surface area contributed by atoms with Crippen molar-refractivity contribution in [2.24, 2.45) is 4.99 Å². The number of nitrogens with zero attached hydrogens (tertiary/aromatic N) is 2. The number of cyclic esters (lactones) is 1. The van der Waals surface area contributed by atoms with E-state index in [1.54, 1.807) is 35.6 Å². The van der Waals surface area contributed by atoms with Crippen LogP contribution in [0.15, 0.2) is 64.6 Å². The lowest BCUT2D eigenvalue weighted by Crippen LogP contribution is -2.05. The number of aliphatic imine (C=N–C) groups is 1. The molecule has 1 aromatic heterocycles. The Labute approximate surface area is 170 Å². The van der Waals surface area contributed by atoms with Crippen molar-refractivity contribution in [2.45, 2.75) is 13.5 Å². The SMILES string of the molecule is Cc1nc(COc2ccc(/C=C3\N=C(c4ccccc4Cl)OC3=O)cc2)cs1. The van der Waals surface area contributed by atoms with Gasteiger partial charge < -0.3 is 9.47 Å². The molecule has 0 bridgehead atoms. The summed E-state index contributed by atoms with van der Waals surface area (Å²) in [7, 11) is 0. The summed E-state index contributed by atoms with van der Waals surface area (Å²) in [6.07, 6.45) is 1.67. The lowest BCUT2D eigenvalue weighted by atomic mass is 10.2. The molecule has 28 heavy (non-hydrogen) atoms. The van der Waals surface area contributed by atoms with Gasteiger partial charge in [-0.15, -0.1) is 11.3 Å². The van der Waals surface area contributed by atoms with Crippen LogP contribution < -0.4 is 4.74 Å². The van der Waals surface area contributed by atoms with Gasteiger partial charge >= 0.3 is 5.97 Å². The van der Waals surface area contributed by atoms with Gasteiger partial charge in [-0.2, -0.15) is 0 Å². The third kappa shape index (κ3) is 4.13. The molecule has 0 radical (unpaired) electrons. The number of hydrogen-bond acceptors (Lipinski definition) is 6. The molecule has 0 amide bonds. The lowest BCUT2D eigenvalue weighted by Gasteiger charge is -2.04. The van der Waals surface area contributed by atoms with Crippen molar-refractivity contribution in [3.8, 4) is 5.75 Å². The Morgan fingerprint density at radius 3 is 2.68 bits per heavy atom. The van der Waals surface area contributed by atoms with Crippen LogP contribution in [0.2, 0.25) is 5.02 Å². The molecule has 3 aromatic rings. The predicted molar refractivity (Wildman–Crippen MR) is 110 cm³/mol. The van der Waals surface area contributed by atoms with Gasteiger partial charge in [-0.3, -0.25) is 0 Å². The third-order valence-electron chi connectivity index (χ3n) is 3.96. The Balaban J connectivity index is 1.47. The van der Waals surface area contributed by atoms with Gasteiger partial charge in [0.25, 0.3) is 0 Å². The molecule has 4 rings (SSSR count). The Hall–Kier alpha value is -2.96. The minimum Gasteiger partial charge on any atom is -0.487 e. The topological polar surface area (TPSA) is 60.8 Å². The van der Waals surface area contributed by atoms with Gasteiger partial charge in [0.15, 0.2) is 5.70 Å². The summed E-state index contributed by atoms with van der Waals surface area (Å²) in [6, 6.07) is 14.5. The van der Waals surface area contributed by atoms with Crippen LogP contribution >= 0.6 is 22.9 Å². The highest BCUT2D eigenvalue weighted by Crippen LogP contribution is 2.24. The van der Waals surface area contributed by atoms with Gasteiger partial charge in [0.2, 0.25) is 5.90 Å². The number of thiazole rings is 1. The molecule has 1 aliphatic rings. The maximum absolute atomic E-state index is 12.1. The van der Waals surface area contributed by atoms with E-state index in [4.69, 9.17) is 21.1 Å². The van der Waals surface area contributed by atoms with Gasteiger partial charge in [-0.05, 0) is 42.8 Å². The molecule has 140 valence electrons. The normalized spacial score (nSPS) is 14.9. The zero-order chi connectivity index (χ0) is 19.5. The molecule has 5 nitrogen and oxygen atoms in total. The highest BCUT2D eigenvalue weighted by atomic mass is 35.5. The molecule has 0 saturated heterocycles. The summed E-state index contributed by atoms with van der Waals surface area (Å²) in [6.45, 7) is 2.38. The zero-order valence-electron chi connectivity index (χ0n) is 14.9. The van der Waals surface area contributed by atoms with Gasteiger partial charge in [0, 0.05) is 5.38 Å². The van der Waals surface area contributed by atoms with Crippen LogP contribution in [0.1, 0.15) is 21.8 Å². The van der Waals surface area contributed by atoms with E-state index in [0.29, 0.717) is 17.2 Å². The first-order valence-electron chi connectivity index (χ1n) is 8.50. The lowest BCUT2D eigenvalue weighted by molar-refractivity contribution is -0.129. The fourth-order valence-corrected chi connectivity index (χ4v) is 3.42. The first-order valence-corrected chi connectivity index (χ1v) is 9.75. The van der Waals surface area contributed by atoms with E-state index in [2.05, 4.69) is 9.98 Å². The molecule has 0 aliphatic carbocycles. The van der Waals surface area contributed by atoms with Crippen molar-refractivity contribution in [1.29, 1.82) is 0 Å². The van der Waals surface area contributed by atoms with Crippen molar-refractivity contribution in [2.75, 3.05) is 0 Å². The van der Waals surface area contributed by atoms with E-state index in [1.165, 1.54) is 0 Å². The van der Waals surface area contributed by atoms with Crippen LogP contribution in [0.4, 0.5) is 0 Å². The van der Waals surface area contributed by atoms with Gasteiger partial charge in [0.05, 0.1) is 21.3 Å². The third-order valence-corrected chi connectivity index (χ3v) is 5.11. The minimum absolute atomic E-state index is 0.209. The number of aryl methyl sites for hydroxylation is 1. The van der Waals surface area contributed by atoms with E-state index >= 15 is 0 Å². The Morgan fingerprint density at radius 2 is 1.96 bits per heavy atom. The molecule has 0 fully saturated rings. The average molecular weight is 411 g/mol. The van der Waals surface area contributed by atoms with Crippen LogP contribution in [-0.4, -0.2) is 16.9 Å². The fraction of sp³-hybridized carbons (Fsp3) is 0.0952. The second kappa shape index (κ2) is 7.96. The molecule has 7 heteroatoms. The van der Waals surface area contributed by atoms with Gasteiger partial charge in [-0.25, -0.2) is 14.8 Å². The molecule has 0 atom stereocenters. The second-order valence-corrected chi connectivity index (χ2v) is 7.50. The molecular weight excluding hydrogens is 396 g/mol. The highest BCUT2D eigenvalue weighted by molar-refractivity contribution is 7.09. The first-order chi connectivity index (χ1) is 13.6. The van der Waals surface area contributed by atoms with E-state index in [9.17, 15) is 4.79 Å². The van der Waals surface area contributed by atoms with Crippen molar-refractivity contribution < 1.29 is 14.3 Å². The summed E-state index contributed by atoms with van der Waals surface area (Å²) in [4.78, 5) is 20.8. The van der Waals surface area contributed by atoms with Crippen LogP contribution in [0.25, 0.3) is 6.08 Å². The summed E-state index contributed by atoms with van der Waals surface area (Å²) >= 11 is 7.74. The van der Waals surface area contributed by atoms with E-state index in [1.807, 2.05) is 42.6 Å². The molecule has 2 heterocycles. The monoisotopic (exact) mass is 410 g/mol. The van der Waals surface area contributed by atoms with Crippen LogP contribution in [0.3, 0.4) is 0 Å².